The number of hydrogen-bond acceptors (Lipinski definition) is 0. The summed E-state index contributed by atoms with van der Waals surface area (Å²) in [7, 11) is 0. The first-order chi connectivity index (χ1) is 14.1. The van der Waals surface area contributed by atoms with Crippen LogP contribution in [-0.2, 0) is 6.16 Å². The first kappa shape index (κ1) is 26.7. The van der Waals surface area contributed by atoms with Gasteiger partial charge in [0.15, 0.2) is 0 Å². The Hall–Kier alpha value is -0.320. The number of benzene rings is 1. The molecule has 0 radical (unpaired) electrons. The second-order valence-corrected chi connectivity index (χ2v) is 17.4. The van der Waals surface area contributed by atoms with Crippen LogP contribution in [0.15, 0.2) is 43.0 Å². The Bertz CT molecular complexity index is 513. The van der Waals surface area contributed by atoms with Gasteiger partial charge in [0.25, 0.3) is 0 Å². The van der Waals surface area contributed by atoms with Crippen molar-refractivity contribution in [1.82, 2.24) is 0 Å². The molecule has 29 heavy (non-hydrogen) atoms. The minimum absolute atomic E-state index is 1.15. The quantitative estimate of drug-likeness (QED) is 0.114. The molecule has 0 N–H and O–H groups in total. The summed E-state index contributed by atoms with van der Waals surface area (Å²) >= 11 is 7.94. The van der Waals surface area contributed by atoms with Gasteiger partial charge in [-0.1, -0.05) is 0 Å². The SMILES string of the molecule is C=CCCCCCCP(Cl)(CCCCCC)(CCCCCC)Cc1ccccc1. The Morgan fingerprint density at radius 1 is 0.724 bits per heavy atom. The van der Waals surface area contributed by atoms with E-state index in [4.69, 9.17) is 11.2 Å². The van der Waals surface area contributed by atoms with Gasteiger partial charge in [0.05, 0.1) is 0 Å². The summed E-state index contributed by atoms with van der Waals surface area (Å²) in [5.74, 6) is -2.25. The average Bonchev–Trinajstić information content (AvgIpc) is 2.72. The third-order valence-electron chi connectivity index (χ3n) is 6.44. The van der Waals surface area contributed by atoms with Crippen LogP contribution in [-0.4, -0.2) is 18.5 Å². The van der Waals surface area contributed by atoms with Crippen LogP contribution < -0.4 is 0 Å². The van der Waals surface area contributed by atoms with Gasteiger partial charge in [-0.05, 0) is 0 Å². The van der Waals surface area contributed by atoms with E-state index in [0.717, 1.165) is 12.6 Å². The van der Waals surface area contributed by atoms with Crippen molar-refractivity contribution in [3.8, 4) is 0 Å². The van der Waals surface area contributed by atoms with Crippen molar-refractivity contribution in [3.05, 3.63) is 48.6 Å². The zero-order chi connectivity index (χ0) is 21.3. The van der Waals surface area contributed by atoms with Crippen LogP contribution in [0.4, 0.5) is 0 Å². The van der Waals surface area contributed by atoms with Crippen LogP contribution in [0.2, 0.25) is 0 Å². The summed E-state index contributed by atoms with van der Waals surface area (Å²) in [4.78, 5) is 0. The zero-order valence-electron chi connectivity index (χ0n) is 19.5. The van der Waals surface area contributed by atoms with E-state index in [9.17, 15) is 0 Å². The van der Waals surface area contributed by atoms with E-state index >= 15 is 0 Å². The molecule has 0 amide bonds. The second-order valence-electron chi connectivity index (χ2n) is 9.25. The molecule has 0 fully saturated rings. The van der Waals surface area contributed by atoms with Gasteiger partial charge in [-0.3, -0.25) is 0 Å². The number of halogens is 1. The summed E-state index contributed by atoms with van der Waals surface area (Å²) in [6, 6.07) is 11.1. The van der Waals surface area contributed by atoms with Crippen molar-refractivity contribution < 1.29 is 0 Å². The fourth-order valence-electron chi connectivity index (χ4n) is 4.63. The molecule has 1 aromatic rings. The van der Waals surface area contributed by atoms with Crippen LogP contribution in [0.5, 0.6) is 0 Å². The van der Waals surface area contributed by atoms with Gasteiger partial charge < -0.3 is 0 Å². The Labute approximate surface area is 187 Å². The van der Waals surface area contributed by atoms with Gasteiger partial charge in [0, 0.05) is 0 Å². The van der Waals surface area contributed by atoms with Crippen molar-refractivity contribution in [2.24, 2.45) is 0 Å². The Balaban J connectivity index is 2.89. The molecule has 0 aliphatic rings. The maximum absolute atomic E-state index is 7.94. The van der Waals surface area contributed by atoms with E-state index in [1.165, 1.54) is 101 Å². The van der Waals surface area contributed by atoms with Crippen molar-refractivity contribution in [3.63, 3.8) is 0 Å². The Kier molecular flexibility index (Phi) is 14.3. The summed E-state index contributed by atoms with van der Waals surface area (Å²) < 4.78 is 0. The van der Waals surface area contributed by atoms with Gasteiger partial charge in [-0.2, -0.15) is 0 Å². The van der Waals surface area contributed by atoms with Crippen molar-refractivity contribution in [2.75, 3.05) is 18.5 Å². The third kappa shape index (κ3) is 11.6. The monoisotopic (exact) mass is 438 g/mol. The molecular formula is C27H48ClP. The third-order valence-corrected chi connectivity index (χ3v) is 13.8. The molecule has 0 saturated heterocycles. The standard InChI is InChI=1S/C27H48ClP/c1-4-7-10-13-14-20-25-29(28,23-18-11-8-5-2,24-19-12-9-6-3)26-27-21-16-15-17-22-27/h4,15-17,21-22H,1,5-14,18-20,23-26H2,2-3H3. The maximum atomic E-state index is 7.94. The molecule has 0 atom stereocenters. The molecule has 0 saturated carbocycles. The molecule has 2 heteroatoms. The topological polar surface area (TPSA) is 0 Å². The molecule has 0 aliphatic carbocycles. The van der Waals surface area contributed by atoms with Crippen LogP contribution in [0.3, 0.4) is 0 Å². The van der Waals surface area contributed by atoms with E-state index in [0.29, 0.717) is 0 Å². The van der Waals surface area contributed by atoms with Crippen molar-refractivity contribution in [1.29, 1.82) is 0 Å². The predicted molar refractivity (Wildman–Crippen MR) is 139 cm³/mol. The summed E-state index contributed by atoms with van der Waals surface area (Å²) in [6.07, 6.45) is 24.2. The molecule has 1 aromatic carbocycles. The van der Waals surface area contributed by atoms with Crippen molar-refractivity contribution in [2.45, 2.75) is 103 Å². The number of rotatable bonds is 19. The summed E-state index contributed by atoms with van der Waals surface area (Å²) in [5, 5.41) is 0. The molecular weight excluding hydrogens is 391 g/mol. The molecule has 168 valence electrons. The first-order valence-electron chi connectivity index (χ1n) is 12.4. The molecule has 0 heterocycles. The van der Waals surface area contributed by atoms with E-state index < -0.39 is 5.96 Å². The molecule has 0 aliphatic heterocycles. The Morgan fingerprint density at radius 2 is 1.21 bits per heavy atom. The fraction of sp³-hybridized carbons (Fsp3) is 0.704. The summed E-state index contributed by atoms with van der Waals surface area (Å²) in [5.41, 5.74) is 1.47. The normalized spacial score (nSPS) is 13.1. The van der Waals surface area contributed by atoms with E-state index in [1.807, 2.05) is 0 Å². The molecule has 1 rings (SSSR count). The zero-order valence-corrected chi connectivity index (χ0v) is 21.2. The Morgan fingerprint density at radius 3 is 1.69 bits per heavy atom. The average molecular weight is 439 g/mol. The second kappa shape index (κ2) is 15.5. The number of hydrogen-bond donors (Lipinski definition) is 0. The van der Waals surface area contributed by atoms with Gasteiger partial charge in [0.1, 0.15) is 0 Å². The first-order valence-corrected chi connectivity index (χ1v) is 16.3. The van der Waals surface area contributed by atoms with Crippen LogP contribution >= 0.6 is 17.2 Å². The number of unbranched alkanes of at least 4 members (excludes halogenated alkanes) is 10. The van der Waals surface area contributed by atoms with E-state index in [-0.39, 0.29) is 0 Å². The van der Waals surface area contributed by atoms with E-state index in [2.05, 4.69) is 56.8 Å². The molecule has 0 bridgehead atoms. The van der Waals surface area contributed by atoms with Gasteiger partial charge in [-0.25, -0.2) is 0 Å². The number of allylic oxidation sites excluding steroid dienone is 1. The van der Waals surface area contributed by atoms with Crippen LogP contribution in [0, 0.1) is 0 Å². The molecule has 0 nitrogen and oxygen atoms in total. The van der Waals surface area contributed by atoms with Crippen molar-refractivity contribution >= 4 is 17.2 Å². The van der Waals surface area contributed by atoms with Gasteiger partial charge >= 0.3 is 188 Å². The fourth-order valence-corrected chi connectivity index (χ4v) is 11.4. The predicted octanol–water partition coefficient (Wildman–Crippen LogP) is 10.2. The van der Waals surface area contributed by atoms with E-state index in [1.54, 1.807) is 0 Å². The molecule has 0 spiro atoms. The molecule has 0 aromatic heterocycles. The van der Waals surface area contributed by atoms with Crippen LogP contribution in [0.1, 0.15) is 103 Å². The van der Waals surface area contributed by atoms with Crippen LogP contribution in [0.25, 0.3) is 0 Å². The summed E-state index contributed by atoms with van der Waals surface area (Å²) in [6.45, 7) is 8.47. The van der Waals surface area contributed by atoms with Gasteiger partial charge in [-0.15, -0.1) is 0 Å². The minimum atomic E-state index is -2.25. The van der Waals surface area contributed by atoms with Gasteiger partial charge in [0.2, 0.25) is 0 Å². The molecule has 0 unspecified atom stereocenters.